The zero-order chi connectivity index (χ0) is 38.2. The van der Waals surface area contributed by atoms with Gasteiger partial charge in [0.2, 0.25) is 0 Å². The zero-order valence-corrected chi connectivity index (χ0v) is 32.1. The lowest BCUT2D eigenvalue weighted by atomic mass is 9.92. The summed E-state index contributed by atoms with van der Waals surface area (Å²) in [4.78, 5) is 12.5. The molecule has 3 aromatic heterocycles. The average molecular weight is 756 g/mol. The van der Waals surface area contributed by atoms with E-state index in [1.165, 1.54) is 58.2 Å². The molecule has 9 aromatic carbocycles. The first kappa shape index (κ1) is 32.8. The molecule has 0 unspecified atom stereocenters. The van der Waals surface area contributed by atoms with Crippen molar-refractivity contribution < 1.29 is 0 Å². The second-order valence-electron chi connectivity index (χ2n) is 15.0. The van der Waals surface area contributed by atoms with Crippen LogP contribution in [0.4, 0.5) is 17.1 Å². The Labute approximate surface area is 338 Å². The molecule has 0 aliphatic heterocycles. The minimum Gasteiger partial charge on any atom is -0.310 e. The summed E-state index contributed by atoms with van der Waals surface area (Å²) in [5.41, 5.74) is 9.76. The van der Waals surface area contributed by atoms with Gasteiger partial charge in [-0.1, -0.05) is 121 Å². The molecule has 12 rings (SSSR count). The monoisotopic (exact) mass is 755 g/mol. The third-order valence-electron chi connectivity index (χ3n) is 11.6. The highest BCUT2D eigenvalue weighted by molar-refractivity contribution is 7.25. The standard InChI is InChI=1S/C54H33N3S/c1-2-10-40(11-3-1)57(42-27-29-51-48(33-42)43-12-5-7-15-50(43)58-51)41-25-22-37(23-26-41)54-45-28-24-34-17-20-38(31-46(34)52(45)44-13-4-6-14-49(44)56-54)39-21-18-35-16-19-36-9-8-30-55-53(36)47(35)32-39/h1-33H. The number of hydrogen-bond acceptors (Lipinski definition) is 4. The van der Waals surface area contributed by atoms with Crippen LogP contribution in [0, 0.1) is 0 Å². The van der Waals surface area contributed by atoms with Gasteiger partial charge in [-0.3, -0.25) is 4.98 Å². The largest absolute Gasteiger partial charge is 0.310 e. The quantitative estimate of drug-likeness (QED) is 0.164. The minimum atomic E-state index is 0.980. The fourth-order valence-electron chi connectivity index (χ4n) is 8.86. The fraction of sp³-hybridized carbons (Fsp3) is 0. The first-order valence-corrected chi connectivity index (χ1v) is 20.5. The Morgan fingerprint density at radius 1 is 0.379 bits per heavy atom. The van der Waals surface area contributed by atoms with Gasteiger partial charge in [0, 0.05) is 75.9 Å². The van der Waals surface area contributed by atoms with Gasteiger partial charge in [-0.15, -0.1) is 11.3 Å². The van der Waals surface area contributed by atoms with Crippen LogP contribution < -0.4 is 4.90 Å². The molecule has 0 saturated carbocycles. The molecule has 58 heavy (non-hydrogen) atoms. The summed E-state index contributed by atoms with van der Waals surface area (Å²) in [6.07, 6.45) is 1.88. The fourth-order valence-corrected chi connectivity index (χ4v) is 9.95. The second-order valence-corrected chi connectivity index (χ2v) is 16.1. The first-order valence-electron chi connectivity index (χ1n) is 19.6. The maximum absolute atomic E-state index is 5.35. The van der Waals surface area contributed by atoms with E-state index in [1.807, 2.05) is 23.6 Å². The zero-order valence-electron chi connectivity index (χ0n) is 31.3. The van der Waals surface area contributed by atoms with Crippen LogP contribution >= 0.6 is 11.3 Å². The predicted octanol–water partition coefficient (Wildman–Crippen LogP) is 15.4. The Hall–Kier alpha value is -7.40. The summed E-state index contributed by atoms with van der Waals surface area (Å²) in [5, 5.41) is 12.0. The molecule has 0 aliphatic rings. The van der Waals surface area contributed by atoms with Crippen molar-refractivity contribution in [3.8, 4) is 22.4 Å². The van der Waals surface area contributed by atoms with Crippen LogP contribution in [0.25, 0.3) is 96.7 Å². The molecule has 0 saturated heterocycles. The van der Waals surface area contributed by atoms with Gasteiger partial charge in [-0.25, -0.2) is 4.98 Å². The van der Waals surface area contributed by atoms with Crippen molar-refractivity contribution in [1.29, 1.82) is 0 Å². The molecule has 0 atom stereocenters. The highest BCUT2D eigenvalue weighted by atomic mass is 32.1. The van der Waals surface area contributed by atoms with Gasteiger partial charge >= 0.3 is 0 Å². The van der Waals surface area contributed by atoms with Gasteiger partial charge in [0.15, 0.2) is 0 Å². The molecule has 4 heteroatoms. The minimum absolute atomic E-state index is 0.980. The number of nitrogens with zero attached hydrogens (tertiary/aromatic N) is 3. The summed E-state index contributed by atoms with van der Waals surface area (Å²) < 4.78 is 2.61. The normalized spacial score (nSPS) is 11.8. The molecule has 0 N–H and O–H groups in total. The summed E-state index contributed by atoms with van der Waals surface area (Å²) >= 11 is 1.85. The SMILES string of the molecule is c1ccc(N(c2ccc(-c3nc4ccccc4c4c3ccc3ccc(-c5ccc6ccc7cccnc7c6c5)cc34)cc2)c2ccc3sc4ccccc4c3c2)cc1. The molecule has 0 spiro atoms. The molecule has 12 aromatic rings. The van der Waals surface area contributed by atoms with E-state index < -0.39 is 0 Å². The molecule has 3 nitrogen and oxygen atoms in total. The van der Waals surface area contributed by atoms with Gasteiger partial charge in [0.05, 0.1) is 16.7 Å². The topological polar surface area (TPSA) is 29.0 Å². The van der Waals surface area contributed by atoms with E-state index >= 15 is 0 Å². The van der Waals surface area contributed by atoms with Crippen LogP contribution in [-0.2, 0) is 0 Å². The maximum Gasteiger partial charge on any atom is 0.0788 e. The molecule has 0 fully saturated rings. The smallest absolute Gasteiger partial charge is 0.0788 e. The molecule has 0 aliphatic carbocycles. The van der Waals surface area contributed by atoms with E-state index in [2.05, 4.69) is 193 Å². The summed E-state index contributed by atoms with van der Waals surface area (Å²) in [5.74, 6) is 0. The van der Waals surface area contributed by atoms with Crippen molar-refractivity contribution >= 4 is 103 Å². The lowest BCUT2D eigenvalue weighted by Crippen LogP contribution is -2.09. The second kappa shape index (κ2) is 13.1. The van der Waals surface area contributed by atoms with Crippen molar-refractivity contribution in [1.82, 2.24) is 9.97 Å². The molecule has 0 amide bonds. The van der Waals surface area contributed by atoms with Crippen LogP contribution in [0.3, 0.4) is 0 Å². The predicted molar refractivity (Wildman–Crippen MR) is 248 cm³/mol. The van der Waals surface area contributed by atoms with E-state index in [0.717, 1.165) is 55.5 Å². The lowest BCUT2D eigenvalue weighted by Gasteiger charge is -2.26. The number of benzene rings is 9. The average Bonchev–Trinajstić information content (AvgIpc) is 3.67. The van der Waals surface area contributed by atoms with E-state index in [9.17, 15) is 0 Å². The van der Waals surface area contributed by atoms with Crippen LogP contribution in [-0.4, -0.2) is 9.97 Å². The van der Waals surface area contributed by atoms with Crippen LogP contribution in [0.15, 0.2) is 200 Å². The number of pyridine rings is 2. The summed E-state index contributed by atoms with van der Waals surface area (Å²) in [7, 11) is 0. The molecule has 270 valence electrons. The Morgan fingerprint density at radius 2 is 1.02 bits per heavy atom. The molecule has 3 heterocycles. The highest BCUT2D eigenvalue weighted by Gasteiger charge is 2.18. The van der Waals surface area contributed by atoms with E-state index in [0.29, 0.717) is 0 Å². The van der Waals surface area contributed by atoms with E-state index in [1.54, 1.807) is 0 Å². The Kier molecular flexibility index (Phi) is 7.40. The van der Waals surface area contributed by atoms with Crippen molar-refractivity contribution in [3.05, 3.63) is 200 Å². The molecule has 0 radical (unpaired) electrons. The highest BCUT2D eigenvalue weighted by Crippen LogP contribution is 2.43. The van der Waals surface area contributed by atoms with Gasteiger partial charge in [-0.05, 0) is 100 Å². The third kappa shape index (κ3) is 5.27. The van der Waals surface area contributed by atoms with Crippen LogP contribution in [0.5, 0.6) is 0 Å². The first-order chi connectivity index (χ1) is 28.7. The van der Waals surface area contributed by atoms with E-state index in [4.69, 9.17) is 9.97 Å². The number of hydrogen-bond donors (Lipinski definition) is 0. The van der Waals surface area contributed by atoms with E-state index in [-0.39, 0.29) is 0 Å². The number of thiophene rings is 1. The van der Waals surface area contributed by atoms with Crippen molar-refractivity contribution in [3.63, 3.8) is 0 Å². The maximum atomic E-state index is 5.35. The van der Waals surface area contributed by atoms with Gasteiger partial charge in [-0.2, -0.15) is 0 Å². The van der Waals surface area contributed by atoms with Gasteiger partial charge < -0.3 is 4.90 Å². The summed E-state index contributed by atoms with van der Waals surface area (Å²) in [6.45, 7) is 0. The third-order valence-corrected chi connectivity index (χ3v) is 12.8. The lowest BCUT2D eigenvalue weighted by molar-refractivity contribution is 1.29. The molecular formula is C54H33N3S. The number of rotatable bonds is 5. The Balaban J connectivity index is 1.01. The van der Waals surface area contributed by atoms with Gasteiger partial charge in [0.25, 0.3) is 0 Å². The number of fused-ring (bicyclic) bond motifs is 11. The van der Waals surface area contributed by atoms with Crippen molar-refractivity contribution in [2.24, 2.45) is 0 Å². The Morgan fingerprint density at radius 3 is 1.88 bits per heavy atom. The van der Waals surface area contributed by atoms with Crippen molar-refractivity contribution in [2.45, 2.75) is 0 Å². The summed E-state index contributed by atoms with van der Waals surface area (Å²) in [6, 6.07) is 70.3. The number of aromatic nitrogens is 2. The van der Waals surface area contributed by atoms with Crippen LogP contribution in [0.1, 0.15) is 0 Å². The molecule has 0 bridgehead atoms. The Bertz CT molecular complexity index is 3570. The number of para-hydroxylation sites is 2. The number of anilines is 3. The van der Waals surface area contributed by atoms with Crippen LogP contribution in [0.2, 0.25) is 0 Å². The van der Waals surface area contributed by atoms with Gasteiger partial charge in [0.1, 0.15) is 0 Å². The van der Waals surface area contributed by atoms with Crippen molar-refractivity contribution in [2.75, 3.05) is 4.90 Å². The molecular weight excluding hydrogens is 723 g/mol.